The zero-order chi connectivity index (χ0) is 21.9. The standard InChI is InChI=1S/C19H19N3O6S2/c1-13-6-8-15(9-7-13)30(26,27)11-10-17(23)20-19-22-21-18(28-19)14-4-3-5-16(12-14)29(2,24)25/h3-9,12H,10-11H2,1-2H3,(H,20,22,23). The van der Waals surface area contributed by atoms with Crippen LogP contribution in [0.5, 0.6) is 0 Å². The third kappa shape index (κ3) is 5.30. The van der Waals surface area contributed by atoms with Gasteiger partial charge in [-0.25, -0.2) is 16.8 Å². The SMILES string of the molecule is Cc1ccc(S(=O)(=O)CCC(=O)Nc2nnc(-c3cccc(S(C)(=O)=O)c3)o2)cc1. The molecule has 0 saturated heterocycles. The summed E-state index contributed by atoms with van der Waals surface area (Å²) >= 11 is 0. The summed E-state index contributed by atoms with van der Waals surface area (Å²) in [5.41, 5.74) is 1.30. The average Bonchev–Trinajstić information content (AvgIpc) is 3.15. The summed E-state index contributed by atoms with van der Waals surface area (Å²) in [5.74, 6) is -0.965. The molecule has 0 aliphatic carbocycles. The highest BCUT2D eigenvalue weighted by Crippen LogP contribution is 2.23. The van der Waals surface area contributed by atoms with Gasteiger partial charge in [-0.2, -0.15) is 0 Å². The Morgan fingerprint density at radius 1 is 1.00 bits per heavy atom. The summed E-state index contributed by atoms with van der Waals surface area (Å²) in [6, 6.07) is 12.1. The third-order valence-corrected chi connectivity index (χ3v) is 7.00. The van der Waals surface area contributed by atoms with Crippen LogP contribution in [0.15, 0.2) is 62.7 Å². The van der Waals surface area contributed by atoms with Crippen molar-refractivity contribution in [3.05, 3.63) is 54.1 Å². The first-order valence-corrected chi connectivity index (χ1v) is 12.3. The number of amides is 1. The van der Waals surface area contributed by atoms with Crippen LogP contribution in [-0.4, -0.2) is 44.9 Å². The molecule has 1 aromatic heterocycles. The number of anilines is 1. The Bertz CT molecular complexity index is 1280. The van der Waals surface area contributed by atoms with Crippen molar-refractivity contribution in [2.24, 2.45) is 0 Å². The Morgan fingerprint density at radius 3 is 2.37 bits per heavy atom. The Kier molecular flexibility index (Phi) is 6.04. The van der Waals surface area contributed by atoms with Gasteiger partial charge in [-0.1, -0.05) is 28.9 Å². The van der Waals surface area contributed by atoms with Gasteiger partial charge in [0, 0.05) is 18.2 Å². The first-order chi connectivity index (χ1) is 14.0. The quantitative estimate of drug-likeness (QED) is 0.580. The third-order valence-electron chi connectivity index (χ3n) is 4.16. The van der Waals surface area contributed by atoms with Crippen LogP contribution in [0.1, 0.15) is 12.0 Å². The minimum atomic E-state index is -3.61. The van der Waals surface area contributed by atoms with Crippen LogP contribution in [-0.2, 0) is 24.5 Å². The largest absolute Gasteiger partial charge is 0.403 e. The molecule has 11 heteroatoms. The van der Waals surface area contributed by atoms with Gasteiger partial charge in [-0.05, 0) is 37.3 Å². The molecule has 1 amide bonds. The summed E-state index contributed by atoms with van der Waals surface area (Å²) in [6.07, 6.45) is 0.785. The minimum absolute atomic E-state index is 0.0167. The normalized spacial score (nSPS) is 11.9. The summed E-state index contributed by atoms with van der Waals surface area (Å²) in [6.45, 7) is 1.85. The van der Waals surface area contributed by atoms with E-state index in [-0.39, 0.29) is 33.9 Å². The molecule has 30 heavy (non-hydrogen) atoms. The zero-order valence-electron chi connectivity index (χ0n) is 16.2. The highest BCUT2D eigenvalue weighted by molar-refractivity contribution is 7.91. The van der Waals surface area contributed by atoms with Gasteiger partial charge in [-0.15, -0.1) is 5.10 Å². The van der Waals surface area contributed by atoms with E-state index in [4.69, 9.17) is 4.42 Å². The first kappa shape index (κ1) is 21.7. The van der Waals surface area contributed by atoms with E-state index in [0.29, 0.717) is 5.56 Å². The second kappa shape index (κ2) is 8.36. The summed E-state index contributed by atoms with van der Waals surface area (Å²) < 4.78 is 53.3. The van der Waals surface area contributed by atoms with Crippen molar-refractivity contribution in [1.82, 2.24) is 10.2 Å². The zero-order valence-corrected chi connectivity index (χ0v) is 17.8. The van der Waals surface area contributed by atoms with E-state index in [0.717, 1.165) is 11.8 Å². The molecular weight excluding hydrogens is 430 g/mol. The summed E-state index contributed by atoms with van der Waals surface area (Å²) in [4.78, 5) is 12.3. The Morgan fingerprint density at radius 2 is 1.70 bits per heavy atom. The molecule has 0 saturated carbocycles. The van der Waals surface area contributed by atoms with Crippen molar-refractivity contribution < 1.29 is 26.0 Å². The molecule has 0 spiro atoms. The van der Waals surface area contributed by atoms with E-state index < -0.39 is 25.6 Å². The lowest BCUT2D eigenvalue weighted by Gasteiger charge is -2.04. The first-order valence-electron chi connectivity index (χ1n) is 8.78. The number of carbonyl (C=O) groups excluding carboxylic acids is 1. The molecule has 0 bridgehead atoms. The van der Waals surface area contributed by atoms with E-state index >= 15 is 0 Å². The minimum Gasteiger partial charge on any atom is -0.403 e. The molecule has 0 radical (unpaired) electrons. The monoisotopic (exact) mass is 449 g/mol. The van der Waals surface area contributed by atoms with Crippen molar-refractivity contribution in [3.8, 4) is 11.5 Å². The Labute approximate surface area is 174 Å². The van der Waals surface area contributed by atoms with Crippen LogP contribution in [0.25, 0.3) is 11.5 Å². The van der Waals surface area contributed by atoms with Crippen LogP contribution in [0, 0.1) is 6.92 Å². The maximum absolute atomic E-state index is 12.3. The molecule has 3 rings (SSSR count). The predicted octanol–water partition coefficient (Wildman–Crippen LogP) is 2.25. The molecule has 2 aromatic carbocycles. The van der Waals surface area contributed by atoms with Gasteiger partial charge in [0.05, 0.1) is 15.5 Å². The molecule has 9 nitrogen and oxygen atoms in total. The molecule has 1 heterocycles. The van der Waals surface area contributed by atoms with Crippen molar-refractivity contribution in [2.75, 3.05) is 17.3 Å². The number of nitrogens with one attached hydrogen (secondary N) is 1. The van der Waals surface area contributed by atoms with Crippen molar-refractivity contribution in [1.29, 1.82) is 0 Å². The Hall–Kier alpha value is -3.05. The van der Waals surface area contributed by atoms with E-state index in [1.165, 1.54) is 30.3 Å². The molecule has 0 aliphatic rings. The fourth-order valence-electron chi connectivity index (χ4n) is 2.52. The lowest BCUT2D eigenvalue weighted by Crippen LogP contribution is -2.17. The Balaban J connectivity index is 1.65. The van der Waals surface area contributed by atoms with Gasteiger partial charge in [0.25, 0.3) is 0 Å². The van der Waals surface area contributed by atoms with Crippen LogP contribution < -0.4 is 5.32 Å². The lowest BCUT2D eigenvalue weighted by atomic mass is 10.2. The van der Waals surface area contributed by atoms with Gasteiger partial charge >= 0.3 is 6.01 Å². The highest BCUT2D eigenvalue weighted by Gasteiger charge is 2.18. The predicted molar refractivity (Wildman–Crippen MR) is 109 cm³/mol. The maximum Gasteiger partial charge on any atom is 0.322 e. The van der Waals surface area contributed by atoms with Gasteiger partial charge in [-0.3, -0.25) is 10.1 Å². The number of sulfone groups is 2. The second-order valence-corrected chi connectivity index (χ2v) is 10.8. The molecule has 1 N–H and O–H groups in total. The van der Waals surface area contributed by atoms with Crippen LogP contribution in [0.2, 0.25) is 0 Å². The molecule has 0 aliphatic heterocycles. The number of carbonyl (C=O) groups is 1. The lowest BCUT2D eigenvalue weighted by molar-refractivity contribution is -0.115. The van der Waals surface area contributed by atoms with Crippen LogP contribution in [0.3, 0.4) is 0 Å². The highest BCUT2D eigenvalue weighted by atomic mass is 32.2. The van der Waals surface area contributed by atoms with Crippen LogP contribution >= 0.6 is 0 Å². The van der Waals surface area contributed by atoms with Gasteiger partial charge in [0.15, 0.2) is 19.7 Å². The van der Waals surface area contributed by atoms with Gasteiger partial charge in [0.2, 0.25) is 11.8 Å². The van der Waals surface area contributed by atoms with E-state index in [9.17, 15) is 21.6 Å². The topological polar surface area (TPSA) is 136 Å². The van der Waals surface area contributed by atoms with Gasteiger partial charge in [0.1, 0.15) is 0 Å². The molecule has 0 unspecified atom stereocenters. The number of rotatable bonds is 7. The molecule has 3 aromatic rings. The fourth-order valence-corrected chi connectivity index (χ4v) is 4.43. The van der Waals surface area contributed by atoms with E-state index in [2.05, 4.69) is 15.5 Å². The summed E-state index contributed by atoms with van der Waals surface area (Å²) in [5, 5.41) is 9.82. The molecule has 158 valence electrons. The number of aromatic nitrogens is 2. The van der Waals surface area contributed by atoms with E-state index in [1.54, 1.807) is 18.2 Å². The van der Waals surface area contributed by atoms with Crippen molar-refractivity contribution in [2.45, 2.75) is 23.1 Å². The molecular formula is C19H19N3O6S2. The molecule has 0 atom stereocenters. The van der Waals surface area contributed by atoms with Crippen LogP contribution in [0.4, 0.5) is 6.01 Å². The van der Waals surface area contributed by atoms with Gasteiger partial charge < -0.3 is 4.42 Å². The van der Waals surface area contributed by atoms with Crippen molar-refractivity contribution in [3.63, 3.8) is 0 Å². The average molecular weight is 450 g/mol. The number of nitrogens with zero attached hydrogens (tertiary/aromatic N) is 2. The second-order valence-electron chi connectivity index (χ2n) is 6.64. The maximum atomic E-state index is 12.3. The number of hydrogen-bond donors (Lipinski definition) is 1. The number of aryl methyl sites for hydroxylation is 1. The smallest absolute Gasteiger partial charge is 0.322 e. The van der Waals surface area contributed by atoms with E-state index in [1.807, 2.05) is 6.92 Å². The summed E-state index contributed by atoms with van der Waals surface area (Å²) in [7, 11) is -7.01. The fraction of sp³-hybridized carbons (Fsp3) is 0.211. The molecule has 0 fully saturated rings. The van der Waals surface area contributed by atoms with Crippen molar-refractivity contribution >= 4 is 31.6 Å². The number of hydrogen-bond acceptors (Lipinski definition) is 8. The number of benzene rings is 2.